The molecule has 0 bridgehead atoms. The van der Waals surface area contributed by atoms with Gasteiger partial charge in [0.1, 0.15) is 12.4 Å². The minimum atomic E-state index is -0.932. The van der Waals surface area contributed by atoms with Gasteiger partial charge in [-0.1, -0.05) is 0 Å². The molecule has 0 spiro atoms. The van der Waals surface area contributed by atoms with Crippen LogP contribution in [0.3, 0.4) is 0 Å². The maximum atomic E-state index is 12.9. The van der Waals surface area contributed by atoms with Crippen molar-refractivity contribution in [2.45, 2.75) is 0 Å². The maximum Gasteiger partial charge on any atom is 0.191 e. The van der Waals surface area contributed by atoms with Crippen LogP contribution in [0.1, 0.15) is 0 Å². The molecule has 0 amide bonds. The average Bonchev–Trinajstić information content (AvgIpc) is 2.48. The average molecular weight is 285 g/mol. The van der Waals surface area contributed by atoms with Crippen molar-refractivity contribution in [3.8, 4) is 5.75 Å². The van der Waals surface area contributed by atoms with Crippen molar-refractivity contribution >= 4 is 5.96 Å². The van der Waals surface area contributed by atoms with Gasteiger partial charge < -0.3 is 20.1 Å². The summed E-state index contributed by atoms with van der Waals surface area (Å²) in [7, 11) is 0. The molecule has 0 radical (unpaired) electrons. The highest BCUT2D eigenvalue weighted by Crippen LogP contribution is 2.15. The van der Waals surface area contributed by atoms with Gasteiger partial charge in [-0.2, -0.15) is 0 Å². The molecule has 0 aromatic heterocycles. The third-order valence-corrected chi connectivity index (χ3v) is 2.86. The topological polar surface area (TPSA) is 60.1 Å². The lowest BCUT2D eigenvalue weighted by Gasteiger charge is -2.27. The zero-order valence-electron chi connectivity index (χ0n) is 11.0. The van der Waals surface area contributed by atoms with Crippen LogP contribution >= 0.6 is 0 Å². The van der Waals surface area contributed by atoms with Gasteiger partial charge >= 0.3 is 0 Å². The lowest BCUT2D eigenvalue weighted by atomic mass is 10.3. The summed E-state index contributed by atoms with van der Waals surface area (Å²) in [6.07, 6.45) is 0. The highest BCUT2D eigenvalue weighted by atomic mass is 19.2. The van der Waals surface area contributed by atoms with Crippen molar-refractivity contribution in [1.82, 2.24) is 4.90 Å². The smallest absolute Gasteiger partial charge is 0.191 e. The van der Waals surface area contributed by atoms with Crippen molar-refractivity contribution in [3.05, 3.63) is 29.8 Å². The van der Waals surface area contributed by atoms with Gasteiger partial charge in [0.2, 0.25) is 0 Å². The van der Waals surface area contributed by atoms with Gasteiger partial charge in [-0.05, 0) is 12.1 Å². The van der Waals surface area contributed by atoms with Crippen molar-refractivity contribution < 1.29 is 18.3 Å². The predicted octanol–water partition coefficient (Wildman–Crippen LogP) is 0.990. The number of hydrogen-bond donors (Lipinski definition) is 1. The molecule has 1 aliphatic rings. The molecule has 0 aliphatic carbocycles. The van der Waals surface area contributed by atoms with Crippen LogP contribution in [0.15, 0.2) is 23.2 Å². The summed E-state index contributed by atoms with van der Waals surface area (Å²) in [5.41, 5.74) is 5.83. The first-order valence-electron chi connectivity index (χ1n) is 6.37. The Morgan fingerprint density at radius 2 is 2.05 bits per heavy atom. The fraction of sp³-hybridized carbons (Fsp3) is 0.462. The second-order valence-corrected chi connectivity index (χ2v) is 4.26. The third-order valence-electron chi connectivity index (χ3n) is 2.86. The van der Waals surface area contributed by atoms with E-state index < -0.39 is 11.6 Å². The van der Waals surface area contributed by atoms with E-state index in [0.29, 0.717) is 25.7 Å². The van der Waals surface area contributed by atoms with Crippen molar-refractivity contribution in [3.63, 3.8) is 0 Å². The number of benzene rings is 1. The van der Waals surface area contributed by atoms with E-state index in [9.17, 15) is 8.78 Å². The minimum absolute atomic E-state index is 0.246. The number of rotatable bonds is 4. The number of halogens is 2. The molecule has 1 heterocycles. The molecule has 5 nitrogen and oxygen atoms in total. The molecule has 20 heavy (non-hydrogen) atoms. The quantitative estimate of drug-likeness (QED) is 0.509. The number of nitrogens with two attached hydrogens (primary N) is 1. The Hall–Kier alpha value is -1.89. The van der Waals surface area contributed by atoms with Gasteiger partial charge in [0.15, 0.2) is 17.6 Å². The minimum Gasteiger partial charge on any atom is -0.492 e. The van der Waals surface area contributed by atoms with Crippen LogP contribution in [-0.2, 0) is 4.74 Å². The summed E-state index contributed by atoms with van der Waals surface area (Å²) in [5, 5.41) is 0. The van der Waals surface area contributed by atoms with Crippen LogP contribution in [0.2, 0.25) is 0 Å². The van der Waals surface area contributed by atoms with Gasteiger partial charge in [0.25, 0.3) is 0 Å². The van der Waals surface area contributed by atoms with E-state index in [1.54, 1.807) is 0 Å². The number of guanidine groups is 1. The Kier molecular flexibility index (Phi) is 5.11. The fourth-order valence-corrected chi connectivity index (χ4v) is 1.78. The van der Waals surface area contributed by atoms with E-state index in [-0.39, 0.29) is 12.4 Å². The van der Waals surface area contributed by atoms with Crippen LogP contribution in [0, 0.1) is 11.6 Å². The van der Waals surface area contributed by atoms with Crippen LogP contribution < -0.4 is 10.5 Å². The Labute approximate surface area is 116 Å². The van der Waals surface area contributed by atoms with Gasteiger partial charge in [-0.25, -0.2) is 13.8 Å². The molecule has 7 heteroatoms. The second-order valence-electron chi connectivity index (χ2n) is 4.26. The van der Waals surface area contributed by atoms with Crippen LogP contribution in [-0.4, -0.2) is 50.3 Å². The number of nitrogens with zero attached hydrogens (tertiary/aromatic N) is 2. The molecular weight excluding hydrogens is 268 g/mol. The fourth-order valence-electron chi connectivity index (χ4n) is 1.78. The first kappa shape index (κ1) is 14.5. The molecule has 1 aromatic carbocycles. The van der Waals surface area contributed by atoms with Gasteiger partial charge in [0.05, 0.1) is 19.8 Å². The lowest BCUT2D eigenvalue weighted by molar-refractivity contribution is 0.0674. The molecule has 1 aromatic rings. The SMILES string of the molecule is NC(=NCCOc1ccc(F)c(F)c1)N1CCOCC1. The molecule has 0 saturated carbocycles. The van der Waals surface area contributed by atoms with E-state index in [2.05, 4.69) is 4.99 Å². The van der Waals surface area contributed by atoms with E-state index >= 15 is 0 Å². The molecule has 1 saturated heterocycles. The molecule has 110 valence electrons. The zero-order valence-corrected chi connectivity index (χ0v) is 11.0. The summed E-state index contributed by atoms with van der Waals surface area (Å²) in [4.78, 5) is 6.11. The number of hydrogen-bond acceptors (Lipinski definition) is 3. The van der Waals surface area contributed by atoms with Crippen molar-refractivity contribution in [1.29, 1.82) is 0 Å². The molecule has 1 aliphatic heterocycles. The number of morpholine rings is 1. The standard InChI is InChI=1S/C13H17F2N3O2/c14-11-2-1-10(9-12(11)15)20-6-3-17-13(16)18-4-7-19-8-5-18/h1-2,9H,3-8H2,(H2,16,17). The van der Waals surface area contributed by atoms with E-state index in [0.717, 1.165) is 25.2 Å². The van der Waals surface area contributed by atoms with Crippen molar-refractivity contribution in [2.75, 3.05) is 39.5 Å². The van der Waals surface area contributed by atoms with Crippen LogP contribution in [0.5, 0.6) is 5.75 Å². The zero-order chi connectivity index (χ0) is 14.4. The summed E-state index contributed by atoms with van der Waals surface area (Å²) in [5.74, 6) is -1.11. The van der Waals surface area contributed by atoms with E-state index in [1.165, 1.54) is 6.07 Å². The second kappa shape index (κ2) is 7.04. The summed E-state index contributed by atoms with van der Waals surface area (Å²) in [6, 6.07) is 3.40. The number of aliphatic imine (C=N–C) groups is 1. The van der Waals surface area contributed by atoms with Crippen LogP contribution in [0.25, 0.3) is 0 Å². The largest absolute Gasteiger partial charge is 0.492 e. The maximum absolute atomic E-state index is 12.9. The van der Waals surface area contributed by atoms with Crippen LogP contribution in [0.4, 0.5) is 8.78 Å². The van der Waals surface area contributed by atoms with Gasteiger partial charge in [0, 0.05) is 19.2 Å². The van der Waals surface area contributed by atoms with Crippen molar-refractivity contribution in [2.24, 2.45) is 10.7 Å². The predicted molar refractivity (Wildman–Crippen MR) is 70.7 cm³/mol. The Balaban J connectivity index is 1.76. The Morgan fingerprint density at radius 1 is 1.30 bits per heavy atom. The van der Waals surface area contributed by atoms with E-state index in [1.807, 2.05) is 4.90 Å². The molecule has 0 unspecified atom stereocenters. The first-order chi connectivity index (χ1) is 9.66. The van der Waals surface area contributed by atoms with Gasteiger partial charge in [-0.3, -0.25) is 0 Å². The number of ether oxygens (including phenoxy) is 2. The molecular formula is C13H17F2N3O2. The first-order valence-corrected chi connectivity index (χ1v) is 6.37. The normalized spacial score (nSPS) is 16.3. The monoisotopic (exact) mass is 285 g/mol. The summed E-state index contributed by atoms with van der Waals surface area (Å²) in [6.45, 7) is 3.32. The third kappa shape index (κ3) is 4.06. The van der Waals surface area contributed by atoms with Gasteiger partial charge in [-0.15, -0.1) is 0 Å². The molecule has 0 atom stereocenters. The summed E-state index contributed by atoms with van der Waals surface area (Å²) < 4.78 is 36.1. The molecule has 2 N–H and O–H groups in total. The molecule has 2 rings (SSSR count). The lowest BCUT2D eigenvalue weighted by Crippen LogP contribution is -2.45. The molecule has 1 fully saturated rings. The Morgan fingerprint density at radius 3 is 2.75 bits per heavy atom. The Bertz CT molecular complexity index is 477. The highest BCUT2D eigenvalue weighted by Gasteiger charge is 2.11. The van der Waals surface area contributed by atoms with E-state index in [4.69, 9.17) is 15.2 Å². The highest BCUT2D eigenvalue weighted by molar-refractivity contribution is 5.78. The summed E-state index contributed by atoms with van der Waals surface area (Å²) >= 11 is 0.